The van der Waals surface area contributed by atoms with E-state index in [-0.39, 0.29) is 5.97 Å². The molecule has 0 aliphatic heterocycles. The van der Waals surface area contributed by atoms with E-state index in [1.165, 1.54) is 5.56 Å². The lowest BCUT2D eigenvalue weighted by Crippen LogP contribution is -2.27. The van der Waals surface area contributed by atoms with Crippen molar-refractivity contribution in [3.05, 3.63) is 28.8 Å². The van der Waals surface area contributed by atoms with Crippen molar-refractivity contribution >= 4 is 5.97 Å². The molecule has 0 radical (unpaired) electrons. The van der Waals surface area contributed by atoms with E-state index in [9.17, 15) is 4.79 Å². The van der Waals surface area contributed by atoms with Crippen molar-refractivity contribution < 1.29 is 9.53 Å². The SMILES string of the molecule is CCN(CC)CCC(=O)Oc1c(C)cc(C)cc1C. The van der Waals surface area contributed by atoms with Crippen LogP contribution in [-0.2, 0) is 4.79 Å². The summed E-state index contributed by atoms with van der Waals surface area (Å²) in [5.41, 5.74) is 3.24. The van der Waals surface area contributed by atoms with E-state index < -0.39 is 0 Å². The average Bonchev–Trinajstić information content (AvgIpc) is 2.35. The number of esters is 1. The summed E-state index contributed by atoms with van der Waals surface area (Å²) in [5, 5.41) is 0. The molecule has 0 bridgehead atoms. The number of hydrogen-bond acceptors (Lipinski definition) is 3. The number of nitrogens with zero attached hydrogens (tertiary/aromatic N) is 1. The fourth-order valence-electron chi connectivity index (χ4n) is 2.28. The molecule has 0 aromatic heterocycles. The van der Waals surface area contributed by atoms with E-state index in [1.54, 1.807) is 0 Å². The van der Waals surface area contributed by atoms with Gasteiger partial charge in [-0.05, 0) is 45.0 Å². The first-order chi connectivity index (χ1) is 8.97. The zero-order valence-electron chi connectivity index (χ0n) is 12.7. The second-order valence-corrected chi connectivity index (χ2v) is 4.98. The maximum absolute atomic E-state index is 11.9. The molecule has 3 nitrogen and oxygen atoms in total. The quantitative estimate of drug-likeness (QED) is 0.583. The fraction of sp³-hybridized carbons (Fsp3) is 0.562. The molecule has 1 rings (SSSR count). The Hall–Kier alpha value is -1.35. The van der Waals surface area contributed by atoms with Crippen molar-refractivity contribution in [2.24, 2.45) is 0 Å². The van der Waals surface area contributed by atoms with Gasteiger partial charge in [0.15, 0.2) is 0 Å². The maximum atomic E-state index is 11.9. The molecule has 0 unspecified atom stereocenters. The molecule has 1 aromatic carbocycles. The third-order valence-electron chi connectivity index (χ3n) is 3.35. The van der Waals surface area contributed by atoms with Crippen molar-refractivity contribution in [1.29, 1.82) is 0 Å². The number of carbonyl (C=O) groups excluding carboxylic acids is 1. The molecule has 0 aliphatic rings. The second kappa shape index (κ2) is 7.29. The Labute approximate surface area is 116 Å². The molecule has 0 fully saturated rings. The van der Waals surface area contributed by atoms with E-state index in [1.807, 2.05) is 32.9 Å². The van der Waals surface area contributed by atoms with Crippen LogP contribution in [0.4, 0.5) is 0 Å². The van der Waals surface area contributed by atoms with Crippen LogP contribution in [0, 0.1) is 20.8 Å². The Bertz CT molecular complexity index is 413. The molecule has 0 aliphatic carbocycles. The number of hydrogen-bond donors (Lipinski definition) is 0. The fourth-order valence-corrected chi connectivity index (χ4v) is 2.28. The molecule has 0 N–H and O–H groups in total. The van der Waals surface area contributed by atoms with E-state index >= 15 is 0 Å². The first-order valence-corrected chi connectivity index (χ1v) is 6.98. The van der Waals surface area contributed by atoms with Crippen LogP contribution in [0.5, 0.6) is 5.75 Å². The lowest BCUT2D eigenvalue weighted by Gasteiger charge is -2.17. The van der Waals surface area contributed by atoms with Gasteiger partial charge in [-0.2, -0.15) is 0 Å². The zero-order chi connectivity index (χ0) is 14.4. The molecule has 0 heterocycles. The predicted molar refractivity (Wildman–Crippen MR) is 78.7 cm³/mol. The van der Waals surface area contributed by atoms with Gasteiger partial charge < -0.3 is 9.64 Å². The first-order valence-electron chi connectivity index (χ1n) is 6.98. The van der Waals surface area contributed by atoms with Crippen molar-refractivity contribution in [3.63, 3.8) is 0 Å². The smallest absolute Gasteiger partial charge is 0.312 e. The van der Waals surface area contributed by atoms with E-state index in [0.29, 0.717) is 6.42 Å². The number of benzene rings is 1. The molecule has 3 heteroatoms. The van der Waals surface area contributed by atoms with Crippen LogP contribution in [0.2, 0.25) is 0 Å². The molecular formula is C16H25NO2. The monoisotopic (exact) mass is 263 g/mol. The van der Waals surface area contributed by atoms with Crippen LogP contribution in [0.1, 0.15) is 37.0 Å². The molecule has 0 amide bonds. The van der Waals surface area contributed by atoms with E-state index in [2.05, 4.69) is 18.7 Å². The van der Waals surface area contributed by atoms with Crippen molar-refractivity contribution in [2.45, 2.75) is 41.0 Å². The van der Waals surface area contributed by atoms with Gasteiger partial charge in [0.2, 0.25) is 0 Å². The van der Waals surface area contributed by atoms with E-state index in [0.717, 1.165) is 36.5 Å². The minimum atomic E-state index is -0.151. The van der Waals surface area contributed by atoms with Crippen molar-refractivity contribution in [3.8, 4) is 5.75 Å². The molecular weight excluding hydrogens is 238 g/mol. The van der Waals surface area contributed by atoms with Gasteiger partial charge in [-0.1, -0.05) is 31.5 Å². The first kappa shape index (κ1) is 15.7. The number of ether oxygens (including phenoxy) is 1. The summed E-state index contributed by atoms with van der Waals surface area (Å²) in [5.74, 6) is 0.567. The van der Waals surface area contributed by atoms with Crippen molar-refractivity contribution in [1.82, 2.24) is 4.90 Å². The molecule has 0 spiro atoms. The minimum absolute atomic E-state index is 0.151. The second-order valence-electron chi connectivity index (χ2n) is 4.98. The third-order valence-corrected chi connectivity index (χ3v) is 3.35. The standard InChI is InChI=1S/C16H25NO2/c1-6-17(7-2)9-8-15(18)19-16-13(4)10-12(3)11-14(16)5/h10-11H,6-9H2,1-5H3. The number of carbonyl (C=O) groups is 1. The topological polar surface area (TPSA) is 29.5 Å². The van der Waals surface area contributed by atoms with Gasteiger partial charge in [-0.15, -0.1) is 0 Å². The lowest BCUT2D eigenvalue weighted by molar-refractivity contribution is -0.134. The summed E-state index contributed by atoms with van der Waals surface area (Å²) in [6.07, 6.45) is 0.439. The van der Waals surface area contributed by atoms with Gasteiger partial charge in [0, 0.05) is 6.54 Å². The van der Waals surface area contributed by atoms with Gasteiger partial charge >= 0.3 is 5.97 Å². The Kier molecular flexibility index (Phi) is 6.03. The van der Waals surface area contributed by atoms with Crippen LogP contribution in [0.25, 0.3) is 0 Å². The largest absolute Gasteiger partial charge is 0.426 e. The van der Waals surface area contributed by atoms with E-state index in [4.69, 9.17) is 4.74 Å². The van der Waals surface area contributed by atoms with Crippen LogP contribution in [-0.4, -0.2) is 30.5 Å². The van der Waals surface area contributed by atoms with Crippen LogP contribution >= 0.6 is 0 Å². The molecule has 0 atom stereocenters. The van der Waals surface area contributed by atoms with Gasteiger partial charge in [0.25, 0.3) is 0 Å². The highest BCUT2D eigenvalue weighted by atomic mass is 16.5. The van der Waals surface area contributed by atoms with Gasteiger partial charge in [-0.25, -0.2) is 0 Å². The van der Waals surface area contributed by atoms with Crippen LogP contribution in [0.15, 0.2) is 12.1 Å². The third kappa shape index (κ3) is 4.67. The van der Waals surface area contributed by atoms with Gasteiger partial charge in [0.1, 0.15) is 5.75 Å². The highest BCUT2D eigenvalue weighted by molar-refractivity contribution is 5.73. The normalized spacial score (nSPS) is 10.8. The highest BCUT2D eigenvalue weighted by Gasteiger charge is 2.11. The Morgan fingerprint density at radius 3 is 2.11 bits per heavy atom. The van der Waals surface area contributed by atoms with Crippen molar-refractivity contribution in [2.75, 3.05) is 19.6 Å². The van der Waals surface area contributed by atoms with Crippen LogP contribution < -0.4 is 4.74 Å². The molecule has 0 saturated heterocycles. The minimum Gasteiger partial charge on any atom is -0.426 e. The summed E-state index contributed by atoms with van der Waals surface area (Å²) >= 11 is 0. The molecule has 1 aromatic rings. The number of rotatable bonds is 6. The zero-order valence-corrected chi connectivity index (χ0v) is 12.7. The highest BCUT2D eigenvalue weighted by Crippen LogP contribution is 2.24. The summed E-state index contributed by atoms with van der Waals surface area (Å²) in [6, 6.07) is 4.08. The summed E-state index contributed by atoms with van der Waals surface area (Å²) < 4.78 is 5.50. The molecule has 0 saturated carbocycles. The Morgan fingerprint density at radius 2 is 1.63 bits per heavy atom. The van der Waals surface area contributed by atoms with Gasteiger partial charge in [0.05, 0.1) is 6.42 Å². The average molecular weight is 263 g/mol. The summed E-state index contributed by atoms with van der Waals surface area (Å²) in [6.45, 7) is 12.9. The van der Waals surface area contributed by atoms with Gasteiger partial charge in [-0.3, -0.25) is 4.79 Å². The maximum Gasteiger partial charge on any atom is 0.312 e. The Balaban J connectivity index is 2.62. The molecule has 106 valence electrons. The number of aryl methyl sites for hydroxylation is 3. The lowest BCUT2D eigenvalue weighted by atomic mass is 10.1. The Morgan fingerprint density at radius 1 is 1.11 bits per heavy atom. The summed E-state index contributed by atoms with van der Waals surface area (Å²) in [4.78, 5) is 14.1. The molecule has 19 heavy (non-hydrogen) atoms. The predicted octanol–water partition coefficient (Wildman–Crippen LogP) is 3.25. The summed E-state index contributed by atoms with van der Waals surface area (Å²) in [7, 11) is 0. The van der Waals surface area contributed by atoms with Crippen LogP contribution in [0.3, 0.4) is 0 Å².